The third-order valence-corrected chi connectivity index (χ3v) is 4.25. The van der Waals surface area contributed by atoms with Gasteiger partial charge in [-0.2, -0.15) is 0 Å². The molecule has 3 rings (SSSR count). The summed E-state index contributed by atoms with van der Waals surface area (Å²) in [5, 5.41) is 0.962. The zero-order chi connectivity index (χ0) is 18.7. The minimum atomic E-state index is -0.125. The van der Waals surface area contributed by atoms with Crippen molar-refractivity contribution in [1.29, 1.82) is 0 Å². The van der Waals surface area contributed by atoms with Crippen LogP contribution in [0.3, 0.4) is 0 Å². The van der Waals surface area contributed by atoms with Crippen LogP contribution in [-0.2, 0) is 6.54 Å². The minimum Gasteiger partial charge on any atom is -0.494 e. The molecule has 3 aromatic rings. The topological polar surface area (TPSA) is 64.5 Å². The average Bonchev–Trinajstić information content (AvgIpc) is 2.67. The van der Waals surface area contributed by atoms with Gasteiger partial charge in [-0.1, -0.05) is 12.1 Å². The molecule has 0 atom stereocenters. The predicted octanol–water partition coefficient (Wildman–Crippen LogP) is 3.23. The fourth-order valence-corrected chi connectivity index (χ4v) is 2.92. The van der Waals surface area contributed by atoms with Crippen LogP contribution in [0, 0.1) is 6.92 Å². The SMILES string of the molecule is COc1cnc(C)cc1C(=O)N(C)Cc1ccc(OC)c2ncccc12. The smallest absolute Gasteiger partial charge is 0.257 e. The van der Waals surface area contributed by atoms with Crippen molar-refractivity contribution in [2.24, 2.45) is 0 Å². The first-order chi connectivity index (χ1) is 12.5. The summed E-state index contributed by atoms with van der Waals surface area (Å²) in [7, 11) is 4.92. The van der Waals surface area contributed by atoms with Crippen LogP contribution in [0.15, 0.2) is 42.7 Å². The summed E-state index contributed by atoms with van der Waals surface area (Å²) in [6.45, 7) is 2.29. The number of ether oxygens (including phenoxy) is 2. The molecule has 1 aromatic carbocycles. The number of hydrogen-bond donors (Lipinski definition) is 0. The Hall–Kier alpha value is -3.15. The molecule has 0 saturated heterocycles. The Labute approximate surface area is 152 Å². The maximum Gasteiger partial charge on any atom is 0.257 e. The van der Waals surface area contributed by atoms with Gasteiger partial charge in [0.2, 0.25) is 0 Å². The van der Waals surface area contributed by atoms with Gasteiger partial charge in [0.1, 0.15) is 17.0 Å². The molecule has 0 N–H and O–H groups in total. The number of rotatable bonds is 5. The fraction of sp³-hybridized carbons (Fsp3) is 0.250. The Balaban J connectivity index is 1.94. The normalized spacial score (nSPS) is 10.6. The lowest BCUT2D eigenvalue weighted by Gasteiger charge is -2.20. The monoisotopic (exact) mass is 351 g/mol. The number of carbonyl (C=O) groups is 1. The molecule has 2 aromatic heterocycles. The number of pyridine rings is 2. The van der Waals surface area contributed by atoms with E-state index >= 15 is 0 Å². The molecular formula is C20H21N3O3. The van der Waals surface area contributed by atoms with Gasteiger partial charge in [-0.25, -0.2) is 0 Å². The Morgan fingerprint density at radius 2 is 1.88 bits per heavy atom. The molecule has 0 unspecified atom stereocenters. The first-order valence-corrected chi connectivity index (χ1v) is 8.22. The second kappa shape index (κ2) is 7.39. The van der Waals surface area contributed by atoms with Gasteiger partial charge in [0, 0.05) is 30.9 Å². The highest BCUT2D eigenvalue weighted by atomic mass is 16.5. The zero-order valence-electron chi connectivity index (χ0n) is 15.3. The molecular weight excluding hydrogens is 330 g/mol. The van der Waals surface area contributed by atoms with E-state index in [4.69, 9.17) is 9.47 Å². The van der Waals surface area contributed by atoms with E-state index in [9.17, 15) is 4.79 Å². The summed E-state index contributed by atoms with van der Waals surface area (Å²) in [6.07, 6.45) is 3.30. The number of aryl methyl sites for hydroxylation is 1. The van der Waals surface area contributed by atoms with Crippen molar-refractivity contribution in [2.75, 3.05) is 21.3 Å². The molecule has 2 heterocycles. The van der Waals surface area contributed by atoms with Gasteiger partial charge in [0.15, 0.2) is 0 Å². The first-order valence-electron chi connectivity index (χ1n) is 8.22. The number of hydrogen-bond acceptors (Lipinski definition) is 5. The summed E-state index contributed by atoms with van der Waals surface area (Å²) in [4.78, 5) is 23.2. The number of nitrogens with zero attached hydrogens (tertiary/aromatic N) is 3. The summed E-state index contributed by atoms with van der Waals surface area (Å²) < 4.78 is 10.7. The molecule has 0 saturated carbocycles. The van der Waals surface area contributed by atoms with Crippen LogP contribution in [-0.4, -0.2) is 42.0 Å². The minimum absolute atomic E-state index is 0.125. The van der Waals surface area contributed by atoms with E-state index in [0.717, 1.165) is 22.2 Å². The average molecular weight is 351 g/mol. The molecule has 0 bridgehead atoms. The highest BCUT2D eigenvalue weighted by Gasteiger charge is 2.19. The third kappa shape index (κ3) is 3.31. The predicted molar refractivity (Wildman–Crippen MR) is 99.6 cm³/mol. The number of fused-ring (bicyclic) bond motifs is 1. The van der Waals surface area contributed by atoms with Gasteiger partial charge >= 0.3 is 0 Å². The van der Waals surface area contributed by atoms with Crippen LogP contribution in [0.1, 0.15) is 21.6 Å². The van der Waals surface area contributed by atoms with E-state index in [1.54, 1.807) is 37.5 Å². The summed E-state index contributed by atoms with van der Waals surface area (Å²) in [6, 6.07) is 9.44. The van der Waals surface area contributed by atoms with Crippen LogP contribution in [0.4, 0.5) is 0 Å². The molecule has 0 fully saturated rings. The van der Waals surface area contributed by atoms with Crippen LogP contribution < -0.4 is 9.47 Å². The van der Waals surface area contributed by atoms with Crippen molar-refractivity contribution >= 4 is 16.8 Å². The maximum atomic E-state index is 12.9. The Kier molecular flexibility index (Phi) is 5.02. The Bertz CT molecular complexity index is 956. The Morgan fingerprint density at radius 3 is 2.62 bits per heavy atom. The second-order valence-corrected chi connectivity index (χ2v) is 6.01. The number of methoxy groups -OCH3 is 2. The maximum absolute atomic E-state index is 12.9. The van der Waals surface area contributed by atoms with E-state index in [0.29, 0.717) is 23.6 Å². The lowest BCUT2D eigenvalue weighted by molar-refractivity contribution is 0.0782. The van der Waals surface area contributed by atoms with E-state index < -0.39 is 0 Å². The number of aromatic nitrogens is 2. The highest BCUT2D eigenvalue weighted by Crippen LogP contribution is 2.28. The number of amides is 1. The molecule has 0 spiro atoms. The second-order valence-electron chi connectivity index (χ2n) is 6.01. The van der Waals surface area contributed by atoms with Gasteiger partial charge in [0.05, 0.1) is 26.0 Å². The lowest BCUT2D eigenvalue weighted by Crippen LogP contribution is -2.27. The van der Waals surface area contributed by atoms with Crippen LogP contribution in [0.25, 0.3) is 10.9 Å². The van der Waals surface area contributed by atoms with Crippen molar-refractivity contribution in [3.63, 3.8) is 0 Å². The summed E-state index contributed by atoms with van der Waals surface area (Å²) in [5.41, 5.74) is 3.04. The van der Waals surface area contributed by atoms with Crippen molar-refractivity contribution in [3.8, 4) is 11.5 Å². The van der Waals surface area contributed by atoms with Crippen molar-refractivity contribution in [3.05, 3.63) is 59.5 Å². The van der Waals surface area contributed by atoms with Gasteiger partial charge in [-0.05, 0) is 30.7 Å². The summed E-state index contributed by atoms with van der Waals surface area (Å²) >= 11 is 0. The molecule has 6 nitrogen and oxygen atoms in total. The van der Waals surface area contributed by atoms with Crippen LogP contribution in [0.5, 0.6) is 11.5 Å². The third-order valence-electron chi connectivity index (χ3n) is 4.25. The molecule has 1 amide bonds. The van der Waals surface area contributed by atoms with E-state index in [-0.39, 0.29) is 5.91 Å². The quantitative estimate of drug-likeness (QED) is 0.706. The van der Waals surface area contributed by atoms with E-state index in [1.165, 1.54) is 7.11 Å². The van der Waals surface area contributed by atoms with E-state index in [1.807, 2.05) is 31.2 Å². The molecule has 0 aliphatic carbocycles. The van der Waals surface area contributed by atoms with Crippen LogP contribution in [0.2, 0.25) is 0 Å². The molecule has 0 aliphatic rings. The molecule has 26 heavy (non-hydrogen) atoms. The Morgan fingerprint density at radius 1 is 1.12 bits per heavy atom. The number of benzene rings is 1. The van der Waals surface area contributed by atoms with Gasteiger partial charge in [-0.3, -0.25) is 14.8 Å². The van der Waals surface area contributed by atoms with Crippen molar-refractivity contribution < 1.29 is 14.3 Å². The van der Waals surface area contributed by atoms with Crippen LogP contribution >= 0.6 is 0 Å². The molecule has 134 valence electrons. The molecule has 6 heteroatoms. The lowest BCUT2D eigenvalue weighted by atomic mass is 10.1. The highest BCUT2D eigenvalue weighted by molar-refractivity contribution is 5.97. The largest absolute Gasteiger partial charge is 0.494 e. The standard InChI is InChI=1S/C20H21N3O3/c1-13-10-16(18(26-4)11-22-13)20(24)23(2)12-14-7-8-17(25-3)19-15(14)6-5-9-21-19/h5-11H,12H2,1-4H3. The molecule has 0 aliphatic heterocycles. The number of carbonyl (C=O) groups excluding carboxylic acids is 1. The van der Waals surface area contributed by atoms with Gasteiger partial charge in [0.25, 0.3) is 5.91 Å². The first kappa shape index (κ1) is 17.7. The fourth-order valence-electron chi connectivity index (χ4n) is 2.92. The van der Waals surface area contributed by atoms with Crippen molar-refractivity contribution in [1.82, 2.24) is 14.9 Å². The summed E-state index contributed by atoms with van der Waals surface area (Å²) in [5.74, 6) is 1.05. The van der Waals surface area contributed by atoms with Gasteiger partial charge in [-0.15, -0.1) is 0 Å². The zero-order valence-corrected chi connectivity index (χ0v) is 15.3. The van der Waals surface area contributed by atoms with E-state index in [2.05, 4.69) is 9.97 Å². The van der Waals surface area contributed by atoms with Gasteiger partial charge < -0.3 is 14.4 Å². The van der Waals surface area contributed by atoms with Crippen molar-refractivity contribution in [2.45, 2.75) is 13.5 Å². The molecule has 0 radical (unpaired) electrons.